The van der Waals surface area contributed by atoms with E-state index < -0.39 is 0 Å². The van der Waals surface area contributed by atoms with Crippen molar-refractivity contribution in [2.75, 3.05) is 11.1 Å². The molecule has 0 aliphatic heterocycles. The van der Waals surface area contributed by atoms with E-state index in [1.807, 2.05) is 32.0 Å². The van der Waals surface area contributed by atoms with Crippen LogP contribution >= 0.6 is 0 Å². The van der Waals surface area contributed by atoms with Gasteiger partial charge in [-0.05, 0) is 37.6 Å². The Morgan fingerprint density at radius 1 is 1.38 bits per heavy atom. The first-order valence-corrected chi connectivity index (χ1v) is 5.16. The van der Waals surface area contributed by atoms with Crippen LogP contribution in [0.1, 0.15) is 17.2 Å². The van der Waals surface area contributed by atoms with Gasteiger partial charge in [-0.25, -0.2) is 4.98 Å². The molecule has 2 rings (SSSR count). The summed E-state index contributed by atoms with van der Waals surface area (Å²) >= 11 is 0. The number of hydrogen-bond acceptors (Lipinski definition) is 4. The van der Waals surface area contributed by atoms with Crippen LogP contribution in [0.15, 0.2) is 28.8 Å². The van der Waals surface area contributed by atoms with Gasteiger partial charge in [-0.2, -0.15) is 0 Å². The summed E-state index contributed by atoms with van der Waals surface area (Å²) in [5.74, 6) is 1.51. The van der Waals surface area contributed by atoms with Crippen molar-refractivity contribution in [3.63, 3.8) is 0 Å². The first-order chi connectivity index (χ1) is 7.65. The summed E-state index contributed by atoms with van der Waals surface area (Å²) in [6.45, 7) is 4.44. The number of oxazole rings is 1. The quantitative estimate of drug-likeness (QED) is 0.775. The first-order valence-electron chi connectivity index (χ1n) is 5.16. The van der Waals surface area contributed by atoms with Gasteiger partial charge in [0.2, 0.25) is 5.89 Å². The normalized spacial score (nSPS) is 10.4. The highest BCUT2D eigenvalue weighted by Gasteiger charge is 2.01. The Morgan fingerprint density at radius 2 is 2.19 bits per heavy atom. The molecule has 0 aliphatic rings. The molecular formula is C12H15N3O. The molecule has 2 aromatic rings. The molecule has 0 unspecified atom stereocenters. The summed E-state index contributed by atoms with van der Waals surface area (Å²) in [5.41, 5.74) is 8.62. The topological polar surface area (TPSA) is 64.1 Å². The Hall–Kier alpha value is -1.97. The van der Waals surface area contributed by atoms with Gasteiger partial charge in [0.15, 0.2) is 0 Å². The number of nitrogens with one attached hydrogen (secondary N) is 1. The van der Waals surface area contributed by atoms with Crippen molar-refractivity contribution in [3.8, 4) is 0 Å². The van der Waals surface area contributed by atoms with E-state index in [-0.39, 0.29) is 0 Å². The molecule has 0 bridgehead atoms. The summed E-state index contributed by atoms with van der Waals surface area (Å²) in [6, 6.07) is 5.84. The lowest BCUT2D eigenvalue weighted by atomic mass is 10.2. The standard InChI is InChI=1S/C12H15N3O/c1-8-5-10(3-4-11(8)13)14-7-12-15-6-9(2)16-12/h3-6,14H,7,13H2,1-2H3. The zero-order chi connectivity index (χ0) is 11.5. The lowest BCUT2D eigenvalue weighted by Crippen LogP contribution is -2.00. The van der Waals surface area contributed by atoms with Crippen molar-refractivity contribution in [2.45, 2.75) is 20.4 Å². The largest absolute Gasteiger partial charge is 0.444 e. The fourth-order valence-electron chi connectivity index (χ4n) is 1.45. The molecule has 16 heavy (non-hydrogen) atoms. The Labute approximate surface area is 94.5 Å². The highest BCUT2D eigenvalue weighted by atomic mass is 16.4. The van der Waals surface area contributed by atoms with Crippen LogP contribution in [0.2, 0.25) is 0 Å². The van der Waals surface area contributed by atoms with E-state index in [9.17, 15) is 0 Å². The number of rotatable bonds is 3. The molecule has 4 nitrogen and oxygen atoms in total. The summed E-state index contributed by atoms with van der Waals surface area (Å²) in [4.78, 5) is 4.12. The third kappa shape index (κ3) is 2.34. The number of nitrogens with two attached hydrogens (primary N) is 1. The minimum Gasteiger partial charge on any atom is -0.444 e. The van der Waals surface area contributed by atoms with Gasteiger partial charge in [-0.3, -0.25) is 0 Å². The van der Waals surface area contributed by atoms with Crippen LogP contribution in [0.4, 0.5) is 11.4 Å². The van der Waals surface area contributed by atoms with Gasteiger partial charge in [-0.1, -0.05) is 0 Å². The molecule has 4 heteroatoms. The van der Waals surface area contributed by atoms with E-state index in [0.29, 0.717) is 12.4 Å². The average Bonchev–Trinajstić information content (AvgIpc) is 2.66. The Morgan fingerprint density at radius 3 is 2.81 bits per heavy atom. The minimum absolute atomic E-state index is 0.581. The van der Waals surface area contributed by atoms with Crippen LogP contribution in [-0.4, -0.2) is 4.98 Å². The van der Waals surface area contributed by atoms with Gasteiger partial charge in [-0.15, -0.1) is 0 Å². The average molecular weight is 217 g/mol. The van der Waals surface area contributed by atoms with E-state index in [2.05, 4.69) is 10.3 Å². The van der Waals surface area contributed by atoms with Gasteiger partial charge >= 0.3 is 0 Å². The summed E-state index contributed by atoms with van der Waals surface area (Å²) < 4.78 is 5.36. The van der Waals surface area contributed by atoms with Crippen LogP contribution < -0.4 is 11.1 Å². The molecule has 3 N–H and O–H groups in total. The zero-order valence-corrected chi connectivity index (χ0v) is 9.45. The Balaban J connectivity index is 2.02. The summed E-state index contributed by atoms with van der Waals surface area (Å²) in [6.07, 6.45) is 1.71. The molecule has 1 heterocycles. The smallest absolute Gasteiger partial charge is 0.213 e. The highest BCUT2D eigenvalue weighted by molar-refractivity contribution is 5.56. The molecule has 0 saturated heterocycles. The maximum atomic E-state index is 5.74. The Kier molecular flexibility index (Phi) is 2.81. The maximum Gasteiger partial charge on any atom is 0.213 e. The van der Waals surface area contributed by atoms with Crippen LogP contribution in [0.5, 0.6) is 0 Å². The lowest BCUT2D eigenvalue weighted by Gasteiger charge is -2.06. The van der Waals surface area contributed by atoms with Gasteiger partial charge in [0.1, 0.15) is 5.76 Å². The fraction of sp³-hybridized carbons (Fsp3) is 0.250. The maximum absolute atomic E-state index is 5.74. The first kappa shape index (κ1) is 10.5. The molecule has 0 spiro atoms. The van der Waals surface area contributed by atoms with Crippen LogP contribution in [0.25, 0.3) is 0 Å². The monoisotopic (exact) mass is 217 g/mol. The van der Waals surface area contributed by atoms with Crippen molar-refractivity contribution in [1.82, 2.24) is 4.98 Å². The van der Waals surface area contributed by atoms with Crippen LogP contribution in [0, 0.1) is 13.8 Å². The second kappa shape index (κ2) is 4.26. The molecule has 0 atom stereocenters. The van der Waals surface area contributed by atoms with E-state index in [1.165, 1.54) is 0 Å². The fourth-order valence-corrected chi connectivity index (χ4v) is 1.45. The van der Waals surface area contributed by atoms with Crippen molar-refractivity contribution < 1.29 is 4.42 Å². The van der Waals surface area contributed by atoms with Gasteiger partial charge in [0, 0.05) is 11.4 Å². The van der Waals surface area contributed by atoms with Gasteiger partial charge in [0.25, 0.3) is 0 Å². The molecule has 0 radical (unpaired) electrons. The highest BCUT2D eigenvalue weighted by Crippen LogP contribution is 2.17. The summed E-state index contributed by atoms with van der Waals surface area (Å²) in [5, 5.41) is 3.23. The van der Waals surface area contributed by atoms with E-state index in [4.69, 9.17) is 10.2 Å². The van der Waals surface area contributed by atoms with E-state index in [0.717, 1.165) is 22.7 Å². The third-order valence-electron chi connectivity index (χ3n) is 2.38. The molecule has 0 fully saturated rings. The second-order valence-corrected chi connectivity index (χ2v) is 3.79. The molecule has 84 valence electrons. The van der Waals surface area contributed by atoms with Gasteiger partial charge in [0.05, 0.1) is 12.7 Å². The van der Waals surface area contributed by atoms with Crippen molar-refractivity contribution >= 4 is 11.4 Å². The number of benzene rings is 1. The van der Waals surface area contributed by atoms with Crippen molar-refractivity contribution in [3.05, 3.63) is 41.6 Å². The predicted octanol–water partition coefficient (Wildman–Crippen LogP) is 2.49. The van der Waals surface area contributed by atoms with Crippen LogP contribution in [0.3, 0.4) is 0 Å². The number of nitrogens with zero attached hydrogens (tertiary/aromatic N) is 1. The minimum atomic E-state index is 0.581. The third-order valence-corrected chi connectivity index (χ3v) is 2.38. The SMILES string of the molecule is Cc1cnc(CNc2ccc(N)c(C)c2)o1. The molecule has 0 saturated carbocycles. The number of nitrogen functional groups attached to an aromatic ring is 1. The van der Waals surface area contributed by atoms with Crippen molar-refractivity contribution in [2.24, 2.45) is 0 Å². The lowest BCUT2D eigenvalue weighted by molar-refractivity contribution is 0.479. The molecule has 0 amide bonds. The molecule has 0 aliphatic carbocycles. The summed E-state index contributed by atoms with van der Waals surface area (Å²) in [7, 11) is 0. The zero-order valence-electron chi connectivity index (χ0n) is 9.45. The number of anilines is 2. The molecular weight excluding hydrogens is 202 g/mol. The predicted molar refractivity (Wildman–Crippen MR) is 64.2 cm³/mol. The van der Waals surface area contributed by atoms with E-state index in [1.54, 1.807) is 6.20 Å². The number of aryl methyl sites for hydroxylation is 2. The molecule has 1 aromatic heterocycles. The van der Waals surface area contributed by atoms with Crippen molar-refractivity contribution in [1.29, 1.82) is 0 Å². The second-order valence-electron chi connectivity index (χ2n) is 3.79. The van der Waals surface area contributed by atoms with Gasteiger partial charge < -0.3 is 15.5 Å². The number of aromatic nitrogens is 1. The van der Waals surface area contributed by atoms with E-state index >= 15 is 0 Å². The number of hydrogen-bond donors (Lipinski definition) is 2. The Bertz CT molecular complexity index is 491. The molecule has 1 aromatic carbocycles. The van der Waals surface area contributed by atoms with Crippen LogP contribution in [-0.2, 0) is 6.54 Å².